The lowest BCUT2D eigenvalue weighted by atomic mass is 10.1. The third-order valence-corrected chi connectivity index (χ3v) is 3.96. The molecule has 1 heterocycles. The van der Waals surface area contributed by atoms with Crippen LogP contribution in [0.1, 0.15) is 37.5 Å². The van der Waals surface area contributed by atoms with Crippen molar-refractivity contribution >= 4 is 17.2 Å². The van der Waals surface area contributed by atoms with E-state index in [-0.39, 0.29) is 11.9 Å². The summed E-state index contributed by atoms with van der Waals surface area (Å²) in [6.07, 6.45) is 4.02. The van der Waals surface area contributed by atoms with Crippen LogP contribution >= 0.6 is 11.3 Å². The van der Waals surface area contributed by atoms with E-state index in [1.165, 1.54) is 4.88 Å². The molecule has 0 saturated heterocycles. The molecule has 2 rings (SSSR count). The van der Waals surface area contributed by atoms with E-state index in [9.17, 15) is 4.79 Å². The van der Waals surface area contributed by atoms with Gasteiger partial charge in [0.1, 0.15) is 0 Å². The molecule has 1 aliphatic carbocycles. The molecular weight excluding hydrogens is 232 g/mol. The normalized spacial score (nSPS) is 16.8. The Morgan fingerprint density at radius 1 is 1.65 bits per heavy atom. The summed E-state index contributed by atoms with van der Waals surface area (Å²) in [5, 5.41) is 2.05. The summed E-state index contributed by atoms with van der Waals surface area (Å²) in [6.45, 7) is 2.80. The summed E-state index contributed by atoms with van der Waals surface area (Å²) in [7, 11) is 0. The highest BCUT2D eigenvalue weighted by Crippen LogP contribution is 2.29. The molecule has 3 nitrogen and oxygen atoms in total. The monoisotopic (exact) mass is 252 g/mol. The molecule has 1 aliphatic rings. The lowest BCUT2D eigenvalue weighted by Gasteiger charge is -2.25. The highest BCUT2D eigenvalue weighted by Gasteiger charge is 2.34. The van der Waals surface area contributed by atoms with E-state index in [1.807, 2.05) is 11.0 Å². The number of hydrogen-bond donors (Lipinski definition) is 1. The highest BCUT2D eigenvalue weighted by molar-refractivity contribution is 7.09. The van der Waals surface area contributed by atoms with E-state index in [4.69, 9.17) is 5.73 Å². The van der Waals surface area contributed by atoms with Gasteiger partial charge in [0, 0.05) is 10.9 Å². The number of carbonyl (C=O) groups excluding carboxylic acids is 1. The van der Waals surface area contributed by atoms with Gasteiger partial charge in [-0.2, -0.15) is 0 Å². The maximum Gasteiger partial charge on any atom is 0.240 e. The van der Waals surface area contributed by atoms with Gasteiger partial charge in [0.05, 0.1) is 12.6 Å². The van der Waals surface area contributed by atoms with E-state index in [0.717, 1.165) is 32.2 Å². The summed E-state index contributed by atoms with van der Waals surface area (Å²) in [6, 6.07) is 4.23. The van der Waals surface area contributed by atoms with Gasteiger partial charge in [0.2, 0.25) is 5.91 Å². The molecular formula is C13H20N2OS. The van der Waals surface area contributed by atoms with Crippen LogP contribution < -0.4 is 5.73 Å². The van der Waals surface area contributed by atoms with Gasteiger partial charge in [-0.25, -0.2) is 0 Å². The molecule has 4 heteroatoms. The zero-order chi connectivity index (χ0) is 12.3. The van der Waals surface area contributed by atoms with Crippen LogP contribution in [0.25, 0.3) is 0 Å². The number of amides is 1. The molecule has 1 saturated carbocycles. The first-order valence-corrected chi connectivity index (χ1v) is 7.18. The van der Waals surface area contributed by atoms with Crippen molar-refractivity contribution in [2.24, 2.45) is 5.73 Å². The number of carbonyl (C=O) groups is 1. The van der Waals surface area contributed by atoms with Crippen molar-refractivity contribution in [3.8, 4) is 0 Å². The highest BCUT2D eigenvalue weighted by atomic mass is 32.1. The zero-order valence-electron chi connectivity index (χ0n) is 10.3. The molecule has 0 bridgehead atoms. The van der Waals surface area contributed by atoms with Gasteiger partial charge in [-0.3, -0.25) is 4.79 Å². The van der Waals surface area contributed by atoms with E-state index in [2.05, 4.69) is 18.4 Å². The summed E-state index contributed by atoms with van der Waals surface area (Å²) in [5.41, 5.74) is 5.94. The molecule has 1 fully saturated rings. The van der Waals surface area contributed by atoms with Crippen molar-refractivity contribution in [2.45, 2.75) is 51.2 Å². The van der Waals surface area contributed by atoms with Crippen LogP contribution in [-0.2, 0) is 11.3 Å². The Labute approximate surface area is 107 Å². The standard InChI is InChI=1S/C13H20N2OS/c1-2-4-12(14)13(16)15(10-6-7-10)9-11-5-3-8-17-11/h3,5,8,10,12H,2,4,6-7,9,14H2,1H3. The van der Waals surface area contributed by atoms with Gasteiger partial charge in [0.25, 0.3) is 0 Å². The van der Waals surface area contributed by atoms with Gasteiger partial charge in [0.15, 0.2) is 0 Å². The zero-order valence-corrected chi connectivity index (χ0v) is 11.1. The minimum atomic E-state index is -0.319. The SMILES string of the molecule is CCCC(N)C(=O)N(Cc1cccs1)C1CC1. The Morgan fingerprint density at radius 2 is 2.41 bits per heavy atom. The fourth-order valence-electron chi connectivity index (χ4n) is 1.99. The van der Waals surface area contributed by atoms with Gasteiger partial charge in [-0.15, -0.1) is 11.3 Å². The Balaban J connectivity index is 1.99. The molecule has 2 N–H and O–H groups in total. The van der Waals surface area contributed by atoms with Crippen molar-refractivity contribution in [1.29, 1.82) is 0 Å². The Kier molecular flexibility index (Phi) is 4.18. The van der Waals surface area contributed by atoms with Gasteiger partial charge in [-0.05, 0) is 30.7 Å². The van der Waals surface area contributed by atoms with Crippen LogP contribution in [0.4, 0.5) is 0 Å². The number of thiophene rings is 1. The van der Waals surface area contributed by atoms with Crippen molar-refractivity contribution in [3.05, 3.63) is 22.4 Å². The van der Waals surface area contributed by atoms with Crippen LogP contribution in [0, 0.1) is 0 Å². The summed E-state index contributed by atoms with van der Waals surface area (Å²) in [4.78, 5) is 15.5. The molecule has 17 heavy (non-hydrogen) atoms. The number of hydrogen-bond acceptors (Lipinski definition) is 3. The Morgan fingerprint density at radius 3 is 2.94 bits per heavy atom. The van der Waals surface area contributed by atoms with Gasteiger partial charge >= 0.3 is 0 Å². The van der Waals surface area contributed by atoms with Crippen LogP contribution in [0.15, 0.2) is 17.5 Å². The number of nitrogens with two attached hydrogens (primary N) is 1. The molecule has 1 amide bonds. The Bertz CT molecular complexity index is 360. The van der Waals surface area contributed by atoms with E-state index in [0.29, 0.717) is 6.04 Å². The molecule has 0 aliphatic heterocycles. The van der Waals surface area contributed by atoms with Crippen LogP contribution in [0.5, 0.6) is 0 Å². The van der Waals surface area contributed by atoms with E-state index < -0.39 is 0 Å². The van der Waals surface area contributed by atoms with E-state index >= 15 is 0 Å². The quantitative estimate of drug-likeness (QED) is 0.845. The first-order chi connectivity index (χ1) is 8.22. The first kappa shape index (κ1) is 12.6. The molecule has 0 spiro atoms. The topological polar surface area (TPSA) is 46.3 Å². The van der Waals surface area contributed by atoms with Crippen molar-refractivity contribution < 1.29 is 4.79 Å². The molecule has 0 aromatic carbocycles. The largest absolute Gasteiger partial charge is 0.333 e. The van der Waals surface area contributed by atoms with E-state index in [1.54, 1.807) is 11.3 Å². The van der Waals surface area contributed by atoms with Crippen molar-refractivity contribution in [3.63, 3.8) is 0 Å². The van der Waals surface area contributed by atoms with Crippen molar-refractivity contribution in [2.75, 3.05) is 0 Å². The molecule has 1 aromatic rings. The molecule has 0 radical (unpaired) electrons. The molecule has 1 atom stereocenters. The Hall–Kier alpha value is -0.870. The first-order valence-electron chi connectivity index (χ1n) is 6.30. The molecule has 1 aromatic heterocycles. The summed E-state index contributed by atoms with van der Waals surface area (Å²) in [5.74, 6) is 0.128. The predicted octanol–water partition coefficient (Wildman–Crippen LogP) is 2.37. The summed E-state index contributed by atoms with van der Waals surface area (Å²) >= 11 is 1.70. The second-order valence-corrected chi connectivity index (χ2v) is 5.70. The van der Waals surface area contributed by atoms with Gasteiger partial charge in [-0.1, -0.05) is 19.4 Å². The number of rotatable bonds is 6. The minimum absolute atomic E-state index is 0.128. The second kappa shape index (κ2) is 5.65. The average Bonchev–Trinajstić information content (AvgIpc) is 3.03. The maximum atomic E-state index is 12.2. The van der Waals surface area contributed by atoms with Crippen LogP contribution in [0.2, 0.25) is 0 Å². The minimum Gasteiger partial charge on any atom is -0.333 e. The maximum absolute atomic E-state index is 12.2. The molecule has 1 unspecified atom stereocenters. The smallest absolute Gasteiger partial charge is 0.240 e. The predicted molar refractivity (Wildman–Crippen MR) is 70.8 cm³/mol. The third-order valence-electron chi connectivity index (χ3n) is 3.09. The average molecular weight is 252 g/mol. The van der Waals surface area contributed by atoms with Crippen LogP contribution in [0.3, 0.4) is 0 Å². The fraction of sp³-hybridized carbons (Fsp3) is 0.615. The fourth-order valence-corrected chi connectivity index (χ4v) is 2.69. The van der Waals surface area contributed by atoms with Crippen molar-refractivity contribution in [1.82, 2.24) is 4.90 Å². The third kappa shape index (κ3) is 3.30. The molecule has 94 valence electrons. The second-order valence-electron chi connectivity index (χ2n) is 4.67. The lowest BCUT2D eigenvalue weighted by molar-refractivity contribution is -0.133. The number of nitrogens with zero attached hydrogens (tertiary/aromatic N) is 1. The van der Waals surface area contributed by atoms with Crippen LogP contribution in [-0.4, -0.2) is 22.9 Å². The summed E-state index contributed by atoms with van der Waals surface area (Å²) < 4.78 is 0. The lowest BCUT2D eigenvalue weighted by Crippen LogP contribution is -2.44. The van der Waals surface area contributed by atoms with Gasteiger partial charge < -0.3 is 10.6 Å².